The van der Waals surface area contributed by atoms with Crippen molar-refractivity contribution in [2.75, 3.05) is 44.7 Å². The van der Waals surface area contributed by atoms with Crippen molar-refractivity contribution in [2.45, 2.75) is 48.8 Å². The molecule has 3 fully saturated rings. The maximum Gasteiger partial charge on any atom is 0.445 e. The number of likely N-dealkylation sites (N-methyl/N-ethyl adjacent to an activating group) is 1. The number of alkyl halides is 3. The number of fused-ring (bicyclic) bond motifs is 1. The van der Waals surface area contributed by atoms with Crippen molar-refractivity contribution in [1.29, 1.82) is 0 Å². The molecule has 1 amide bonds. The van der Waals surface area contributed by atoms with Crippen LogP contribution in [-0.2, 0) is 21.0 Å². The lowest BCUT2D eigenvalue weighted by Crippen LogP contribution is -2.58. The number of hydrogen-bond acceptors (Lipinski definition) is 9. The molecule has 39 heavy (non-hydrogen) atoms. The van der Waals surface area contributed by atoms with Gasteiger partial charge in [-0.1, -0.05) is 11.3 Å². The van der Waals surface area contributed by atoms with Gasteiger partial charge in [-0.3, -0.25) is 14.1 Å². The summed E-state index contributed by atoms with van der Waals surface area (Å²) in [5.41, 5.74) is 0.558. The summed E-state index contributed by atoms with van der Waals surface area (Å²) >= 11 is 0.344. The van der Waals surface area contributed by atoms with Crippen LogP contribution in [-0.4, -0.2) is 95.1 Å². The second-order valence-corrected chi connectivity index (χ2v) is 13.2. The molecule has 210 valence electrons. The van der Waals surface area contributed by atoms with E-state index in [9.17, 15) is 26.4 Å². The SMILES string of the molecule is CN1CC[C@H]1C(=O)N1CCN(c2cc(S(=O)(=O)NC3(C)CC3)cn3c(-c4nnc(C(F)(F)F)s4)ncc23)CC1. The third kappa shape index (κ3) is 4.87. The quantitative estimate of drug-likeness (QED) is 0.468. The number of likely N-dealkylation sites (tertiary alicyclic amines) is 1. The molecule has 1 N–H and O–H groups in total. The van der Waals surface area contributed by atoms with Crippen LogP contribution in [0.4, 0.5) is 18.9 Å². The minimum Gasteiger partial charge on any atom is -0.366 e. The van der Waals surface area contributed by atoms with E-state index in [0.29, 0.717) is 48.7 Å². The van der Waals surface area contributed by atoms with Gasteiger partial charge in [0.1, 0.15) is 4.90 Å². The Hall–Kier alpha value is -2.82. The van der Waals surface area contributed by atoms with Crippen LogP contribution in [0.1, 0.15) is 31.2 Å². The number of amides is 1. The van der Waals surface area contributed by atoms with Crippen LogP contribution in [0.25, 0.3) is 16.3 Å². The first-order valence-electron chi connectivity index (χ1n) is 12.5. The average Bonchev–Trinajstić information content (AvgIpc) is 3.25. The molecule has 0 radical (unpaired) electrons. The summed E-state index contributed by atoms with van der Waals surface area (Å²) in [6, 6.07) is 1.46. The van der Waals surface area contributed by atoms with Gasteiger partial charge in [0.05, 0.1) is 23.4 Å². The monoisotopic (exact) mass is 584 g/mol. The van der Waals surface area contributed by atoms with Gasteiger partial charge < -0.3 is 9.80 Å². The lowest BCUT2D eigenvalue weighted by atomic mass is 10.0. The van der Waals surface area contributed by atoms with Crippen LogP contribution in [0.5, 0.6) is 0 Å². The fraction of sp³-hybridized carbons (Fsp3) is 0.565. The second-order valence-electron chi connectivity index (χ2n) is 10.6. The smallest absolute Gasteiger partial charge is 0.366 e. The molecule has 3 aromatic heterocycles. The second kappa shape index (κ2) is 9.11. The third-order valence-electron chi connectivity index (χ3n) is 7.65. The zero-order valence-corrected chi connectivity index (χ0v) is 22.9. The van der Waals surface area contributed by atoms with Crippen LogP contribution >= 0.6 is 11.3 Å². The summed E-state index contributed by atoms with van der Waals surface area (Å²) in [7, 11) is -2.02. The molecule has 2 aliphatic heterocycles. The average molecular weight is 585 g/mol. The van der Waals surface area contributed by atoms with Crippen molar-refractivity contribution >= 4 is 38.5 Å². The molecule has 1 aliphatic carbocycles. The molecule has 5 heterocycles. The number of imidazole rings is 1. The zero-order valence-electron chi connectivity index (χ0n) is 21.3. The molecule has 0 unspecified atom stereocenters. The normalized spacial score (nSPS) is 21.8. The van der Waals surface area contributed by atoms with Gasteiger partial charge in [0.2, 0.25) is 20.9 Å². The van der Waals surface area contributed by atoms with Crippen molar-refractivity contribution in [1.82, 2.24) is 34.1 Å². The predicted molar refractivity (Wildman–Crippen MR) is 137 cm³/mol. The van der Waals surface area contributed by atoms with E-state index in [4.69, 9.17) is 0 Å². The Balaban J connectivity index is 1.37. The molecule has 3 aromatic rings. The Kier molecular flexibility index (Phi) is 6.17. The fourth-order valence-corrected chi connectivity index (χ4v) is 7.11. The Bertz CT molecular complexity index is 1540. The highest BCUT2D eigenvalue weighted by atomic mass is 32.2. The van der Waals surface area contributed by atoms with Crippen molar-refractivity contribution in [3.63, 3.8) is 0 Å². The van der Waals surface area contributed by atoms with Crippen LogP contribution < -0.4 is 9.62 Å². The summed E-state index contributed by atoms with van der Waals surface area (Å²) in [4.78, 5) is 23.0. The van der Waals surface area contributed by atoms with Crippen molar-refractivity contribution in [2.24, 2.45) is 0 Å². The topological polar surface area (TPSA) is 116 Å². The van der Waals surface area contributed by atoms with E-state index in [0.717, 1.165) is 25.8 Å². The number of pyridine rings is 1. The number of aromatic nitrogens is 4. The largest absolute Gasteiger partial charge is 0.445 e. The standard InChI is InChI=1S/C23H27F3N8O3S2/c1-22(4-5-22)30-39(36,37)14-11-16(32-7-9-33(10-8-32)20(35)15-3-6-31(15)2)17-12-27-18(34(17)13-14)19-28-29-21(38-19)23(24,25)26/h11-13,15,30H,3-10H2,1-2H3/t15-/m0/s1. The Morgan fingerprint density at radius 2 is 1.87 bits per heavy atom. The number of carbonyl (C=O) groups is 1. The summed E-state index contributed by atoms with van der Waals surface area (Å²) < 4.78 is 70.5. The highest BCUT2D eigenvalue weighted by Crippen LogP contribution is 2.38. The van der Waals surface area contributed by atoms with Crippen LogP contribution in [0.2, 0.25) is 0 Å². The molecule has 6 rings (SSSR count). The first-order chi connectivity index (χ1) is 18.3. The number of piperazine rings is 1. The Morgan fingerprint density at radius 3 is 2.44 bits per heavy atom. The van der Waals surface area contributed by atoms with E-state index in [1.54, 1.807) is 6.07 Å². The third-order valence-corrected chi connectivity index (χ3v) is 10.2. The molecule has 0 bridgehead atoms. The number of sulfonamides is 1. The number of anilines is 1. The van der Waals surface area contributed by atoms with Gasteiger partial charge in [0, 0.05) is 44.5 Å². The lowest BCUT2D eigenvalue weighted by Gasteiger charge is -2.43. The van der Waals surface area contributed by atoms with E-state index in [2.05, 4.69) is 19.9 Å². The van der Waals surface area contributed by atoms with Gasteiger partial charge in [-0.05, 0) is 39.3 Å². The molecular formula is C23H27F3N8O3S2. The summed E-state index contributed by atoms with van der Waals surface area (Å²) in [5.74, 6) is 0.158. The number of nitrogens with zero attached hydrogens (tertiary/aromatic N) is 7. The van der Waals surface area contributed by atoms with Crippen LogP contribution in [0.3, 0.4) is 0 Å². The molecule has 0 spiro atoms. The molecule has 3 aliphatic rings. The summed E-state index contributed by atoms with van der Waals surface area (Å²) in [6.07, 6.45) is 0.464. The van der Waals surface area contributed by atoms with Gasteiger partial charge in [-0.15, -0.1) is 10.2 Å². The van der Waals surface area contributed by atoms with E-state index < -0.39 is 26.7 Å². The van der Waals surface area contributed by atoms with Gasteiger partial charge in [0.25, 0.3) is 0 Å². The molecule has 0 aromatic carbocycles. The first-order valence-corrected chi connectivity index (χ1v) is 14.8. The molecule has 1 atom stereocenters. The molecular weight excluding hydrogens is 557 g/mol. The number of hydrogen-bond donors (Lipinski definition) is 1. The minimum absolute atomic E-state index is 0.0347. The maximum atomic E-state index is 13.4. The molecule has 16 heteroatoms. The minimum atomic E-state index is -4.66. The molecule has 11 nitrogen and oxygen atoms in total. The highest BCUT2D eigenvalue weighted by Gasteiger charge is 2.42. The highest BCUT2D eigenvalue weighted by molar-refractivity contribution is 7.89. The summed E-state index contributed by atoms with van der Waals surface area (Å²) in [6.45, 7) is 4.58. The van der Waals surface area contributed by atoms with Crippen LogP contribution in [0.15, 0.2) is 23.4 Å². The van der Waals surface area contributed by atoms with Crippen molar-refractivity contribution < 1.29 is 26.4 Å². The number of rotatable bonds is 6. The van der Waals surface area contributed by atoms with Gasteiger partial charge in [-0.25, -0.2) is 18.1 Å². The number of halogens is 3. The summed E-state index contributed by atoms with van der Waals surface area (Å²) in [5, 5.41) is 5.75. The van der Waals surface area contributed by atoms with E-state index in [1.165, 1.54) is 16.8 Å². The molecule has 1 saturated carbocycles. The van der Waals surface area contributed by atoms with E-state index >= 15 is 0 Å². The van der Waals surface area contributed by atoms with Crippen molar-refractivity contribution in [3.05, 3.63) is 23.5 Å². The van der Waals surface area contributed by atoms with Gasteiger partial charge in [-0.2, -0.15) is 13.2 Å². The van der Waals surface area contributed by atoms with Gasteiger partial charge >= 0.3 is 6.18 Å². The zero-order chi connectivity index (χ0) is 27.7. The van der Waals surface area contributed by atoms with Crippen LogP contribution in [0, 0.1) is 0 Å². The Labute approximate surface area is 226 Å². The van der Waals surface area contributed by atoms with Gasteiger partial charge in [0.15, 0.2) is 10.8 Å². The first kappa shape index (κ1) is 26.4. The number of nitrogens with one attached hydrogen (secondary N) is 1. The van der Waals surface area contributed by atoms with E-state index in [-0.39, 0.29) is 27.7 Å². The fourth-order valence-electron chi connectivity index (χ4n) is 4.92. The number of carbonyl (C=O) groups excluding carboxylic acids is 1. The lowest BCUT2D eigenvalue weighted by molar-refractivity contribution is -0.141. The van der Waals surface area contributed by atoms with E-state index in [1.807, 2.05) is 28.7 Å². The van der Waals surface area contributed by atoms with Crippen molar-refractivity contribution in [3.8, 4) is 10.8 Å². The molecule has 2 saturated heterocycles. The Morgan fingerprint density at radius 1 is 1.15 bits per heavy atom. The predicted octanol–water partition coefficient (Wildman–Crippen LogP) is 2.06. The maximum absolute atomic E-state index is 13.4.